The first-order valence-corrected chi connectivity index (χ1v) is 12.6. The summed E-state index contributed by atoms with van der Waals surface area (Å²) in [6, 6.07) is 38.1. The van der Waals surface area contributed by atoms with Gasteiger partial charge in [0.25, 0.3) is 0 Å². The smallest absolute Gasteiger partial charge is 0.138 e. The summed E-state index contributed by atoms with van der Waals surface area (Å²) in [5.74, 6) is 0. The van der Waals surface area contributed by atoms with E-state index >= 15 is 0 Å². The van der Waals surface area contributed by atoms with E-state index in [4.69, 9.17) is 4.42 Å². The van der Waals surface area contributed by atoms with E-state index in [-0.39, 0.29) is 0 Å². The molecule has 0 aliphatic rings. The molecule has 0 N–H and O–H groups in total. The van der Waals surface area contributed by atoms with Gasteiger partial charge >= 0.3 is 0 Å². The lowest BCUT2D eigenvalue weighted by atomic mass is 9.93. The van der Waals surface area contributed by atoms with Gasteiger partial charge in [-0.15, -0.1) is 0 Å². The van der Waals surface area contributed by atoms with Crippen LogP contribution >= 0.6 is 15.9 Å². The van der Waals surface area contributed by atoms with Crippen LogP contribution in [0.4, 0.5) is 0 Å². The van der Waals surface area contributed by atoms with Gasteiger partial charge in [-0.1, -0.05) is 101 Å². The van der Waals surface area contributed by atoms with Crippen LogP contribution in [0.1, 0.15) is 16.7 Å². The van der Waals surface area contributed by atoms with Crippen LogP contribution in [-0.4, -0.2) is 0 Å². The molecule has 1 heterocycles. The Labute approximate surface area is 215 Å². The van der Waals surface area contributed by atoms with E-state index in [2.05, 4.69) is 128 Å². The summed E-state index contributed by atoms with van der Waals surface area (Å²) in [4.78, 5) is 0. The molecule has 0 saturated carbocycles. The zero-order chi connectivity index (χ0) is 24.4. The molecule has 0 unspecified atom stereocenters. The second-order valence-electron chi connectivity index (χ2n) is 8.90. The van der Waals surface area contributed by atoms with Gasteiger partial charge < -0.3 is 4.42 Å². The van der Waals surface area contributed by atoms with E-state index < -0.39 is 0 Å². The highest BCUT2D eigenvalue weighted by Gasteiger charge is 2.08. The van der Waals surface area contributed by atoms with E-state index in [1.807, 2.05) is 18.2 Å². The third-order valence-corrected chi connectivity index (χ3v) is 6.93. The van der Waals surface area contributed by atoms with Gasteiger partial charge in [-0.3, -0.25) is 0 Å². The fourth-order valence-corrected chi connectivity index (χ4v) is 4.92. The molecule has 0 atom stereocenters. The average molecular weight is 519 g/mol. The van der Waals surface area contributed by atoms with Crippen LogP contribution in [-0.2, 0) is 0 Å². The molecule has 0 fully saturated rings. The van der Waals surface area contributed by atoms with Crippen molar-refractivity contribution in [1.29, 1.82) is 0 Å². The van der Waals surface area contributed by atoms with Crippen molar-refractivity contribution in [1.82, 2.24) is 0 Å². The topological polar surface area (TPSA) is 13.1 Å². The largest absolute Gasteiger partial charge is 0.456 e. The lowest BCUT2D eigenvalue weighted by Crippen LogP contribution is -1.88. The Kier molecular flexibility index (Phi) is 6.57. The van der Waals surface area contributed by atoms with Gasteiger partial charge in [-0.25, -0.2) is 0 Å². The fraction of sp³-hybridized carbons (Fsp3) is 0.0909. The SMILES string of the molecule is Cc1cccc2c1oc1ccccc12.Cc1ccccc1-c1cc(-c2cccc(Br)c2)ccc1C. The summed E-state index contributed by atoms with van der Waals surface area (Å²) in [5, 5.41) is 2.41. The minimum absolute atomic E-state index is 0.969. The molecular weight excluding hydrogens is 492 g/mol. The molecule has 6 rings (SSSR count). The Morgan fingerprint density at radius 2 is 1.17 bits per heavy atom. The van der Waals surface area contributed by atoms with Crippen molar-refractivity contribution in [3.8, 4) is 22.3 Å². The van der Waals surface area contributed by atoms with Gasteiger partial charge in [0.15, 0.2) is 0 Å². The zero-order valence-electron chi connectivity index (χ0n) is 20.2. The summed E-state index contributed by atoms with van der Waals surface area (Å²) < 4.78 is 6.89. The highest BCUT2D eigenvalue weighted by atomic mass is 79.9. The number of hydrogen-bond donors (Lipinski definition) is 0. The molecule has 1 aromatic heterocycles. The van der Waals surface area contributed by atoms with Crippen LogP contribution in [0.25, 0.3) is 44.2 Å². The van der Waals surface area contributed by atoms with Crippen molar-refractivity contribution in [2.45, 2.75) is 20.8 Å². The number of rotatable bonds is 2. The van der Waals surface area contributed by atoms with Crippen molar-refractivity contribution in [3.05, 3.63) is 130 Å². The highest BCUT2D eigenvalue weighted by Crippen LogP contribution is 2.32. The number of benzene rings is 5. The highest BCUT2D eigenvalue weighted by molar-refractivity contribution is 9.10. The third-order valence-electron chi connectivity index (χ3n) is 6.43. The molecule has 0 aliphatic carbocycles. The zero-order valence-corrected chi connectivity index (χ0v) is 21.8. The molecule has 2 heteroatoms. The average Bonchev–Trinajstić information content (AvgIpc) is 3.26. The van der Waals surface area contributed by atoms with E-state index in [1.165, 1.54) is 49.7 Å². The Balaban J connectivity index is 0.000000156. The van der Waals surface area contributed by atoms with Crippen LogP contribution < -0.4 is 0 Å². The van der Waals surface area contributed by atoms with E-state index in [1.54, 1.807) is 0 Å². The molecule has 0 radical (unpaired) electrons. The van der Waals surface area contributed by atoms with Crippen LogP contribution in [0.15, 0.2) is 118 Å². The Hall–Kier alpha value is -3.62. The lowest BCUT2D eigenvalue weighted by Gasteiger charge is -2.12. The van der Waals surface area contributed by atoms with Gasteiger partial charge in [-0.2, -0.15) is 0 Å². The quantitative estimate of drug-likeness (QED) is 0.222. The number of hydrogen-bond acceptors (Lipinski definition) is 1. The number of aryl methyl sites for hydroxylation is 3. The maximum absolute atomic E-state index is 5.78. The second kappa shape index (κ2) is 9.93. The molecule has 35 heavy (non-hydrogen) atoms. The standard InChI is InChI=1S/C20H17Br.C13H10O/c1-14-6-3-4-9-19(14)20-13-17(11-10-15(20)2)16-7-5-8-18(21)12-16;1-9-5-4-7-11-10-6-2-3-8-12(10)14-13(9)11/h3-13H,1-2H3;2-8H,1H3. The Morgan fingerprint density at radius 3 is 2.00 bits per heavy atom. The van der Waals surface area contributed by atoms with Crippen LogP contribution in [0.3, 0.4) is 0 Å². The predicted molar refractivity (Wildman–Crippen MR) is 153 cm³/mol. The molecule has 0 aliphatic heterocycles. The number of para-hydroxylation sites is 2. The molecule has 5 aromatic carbocycles. The molecule has 0 bridgehead atoms. The van der Waals surface area contributed by atoms with Gasteiger partial charge in [0.1, 0.15) is 11.2 Å². The number of furan rings is 1. The Morgan fingerprint density at radius 1 is 0.514 bits per heavy atom. The maximum atomic E-state index is 5.78. The molecule has 0 saturated heterocycles. The number of fused-ring (bicyclic) bond motifs is 3. The van der Waals surface area contributed by atoms with Crippen molar-refractivity contribution in [2.24, 2.45) is 0 Å². The van der Waals surface area contributed by atoms with Gasteiger partial charge in [0.2, 0.25) is 0 Å². The van der Waals surface area contributed by atoms with E-state index in [9.17, 15) is 0 Å². The van der Waals surface area contributed by atoms with Crippen LogP contribution in [0.5, 0.6) is 0 Å². The lowest BCUT2D eigenvalue weighted by molar-refractivity contribution is 0.666. The summed E-state index contributed by atoms with van der Waals surface area (Å²) in [5.41, 5.74) is 10.9. The minimum Gasteiger partial charge on any atom is -0.456 e. The fourth-order valence-electron chi connectivity index (χ4n) is 4.52. The summed E-state index contributed by atoms with van der Waals surface area (Å²) in [6.07, 6.45) is 0. The Bertz CT molecular complexity index is 1640. The first-order chi connectivity index (χ1) is 17.0. The molecular formula is C33H27BrO. The van der Waals surface area contributed by atoms with Gasteiger partial charge in [0.05, 0.1) is 0 Å². The van der Waals surface area contributed by atoms with Crippen molar-refractivity contribution in [3.63, 3.8) is 0 Å². The second-order valence-corrected chi connectivity index (χ2v) is 9.82. The maximum Gasteiger partial charge on any atom is 0.138 e. The molecule has 6 aromatic rings. The molecule has 1 nitrogen and oxygen atoms in total. The summed E-state index contributed by atoms with van der Waals surface area (Å²) in [7, 11) is 0. The number of halogens is 1. The van der Waals surface area contributed by atoms with E-state index in [0.717, 1.165) is 15.6 Å². The normalized spacial score (nSPS) is 10.9. The van der Waals surface area contributed by atoms with Crippen molar-refractivity contribution >= 4 is 37.9 Å². The minimum atomic E-state index is 0.969. The predicted octanol–water partition coefficient (Wildman–Crippen LogP) is 10.3. The molecule has 0 spiro atoms. The first kappa shape index (κ1) is 23.1. The van der Waals surface area contributed by atoms with Crippen molar-refractivity contribution in [2.75, 3.05) is 0 Å². The third kappa shape index (κ3) is 4.80. The van der Waals surface area contributed by atoms with E-state index in [0.29, 0.717) is 0 Å². The van der Waals surface area contributed by atoms with Gasteiger partial charge in [0, 0.05) is 15.2 Å². The molecule has 0 amide bonds. The van der Waals surface area contributed by atoms with Crippen molar-refractivity contribution < 1.29 is 4.42 Å². The summed E-state index contributed by atoms with van der Waals surface area (Å²) >= 11 is 3.55. The van der Waals surface area contributed by atoms with Gasteiger partial charge in [-0.05, 0) is 84.0 Å². The first-order valence-electron chi connectivity index (χ1n) is 11.8. The monoisotopic (exact) mass is 518 g/mol. The molecule has 172 valence electrons. The summed E-state index contributed by atoms with van der Waals surface area (Å²) in [6.45, 7) is 6.41. The van der Waals surface area contributed by atoms with Crippen LogP contribution in [0, 0.1) is 20.8 Å². The van der Waals surface area contributed by atoms with Crippen LogP contribution in [0.2, 0.25) is 0 Å².